The van der Waals surface area contributed by atoms with Gasteiger partial charge in [-0.25, -0.2) is 8.42 Å². The minimum absolute atomic E-state index is 0.210. The largest absolute Gasteiger partial charge is 0.388 e. The molecule has 5 nitrogen and oxygen atoms in total. The van der Waals surface area contributed by atoms with E-state index in [4.69, 9.17) is 18.0 Å². The minimum atomic E-state index is -3.51. The molecule has 1 aromatic heterocycles. The first kappa shape index (κ1) is 17.3. The Morgan fingerprint density at radius 3 is 2.79 bits per heavy atom. The Bertz CT molecular complexity index is 908. The standard InChI is InChI=1S/C16H19N3O2S3/c1-10(2)19(24(20,21)14-7-4-8-23-14)13-6-3-5-11-9-12(16(17)22)18-15(11)13/h3-6,8-10,14,18H,7H2,1-2H3,(H2,17,22). The number of anilines is 1. The lowest BCUT2D eigenvalue weighted by atomic mass is 10.2. The molecule has 0 bridgehead atoms. The molecular weight excluding hydrogens is 362 g/mol. The maximum atomic E-state index is 13.2. The second kappa shape index (κ2) is 6.42. The summed E-state index contributed by atoms with van der Waals surface area (Å²) < 4.78 is 27.3. The average Bonchev–Trinajstić information content (AvgIpc) is 3.17. The second-order valence-corrected chi connectivity index (χ2v) is 9.74. The van der Waals surface area contributed by atoms with Gasteiger partial charge in [0.1, 0.15) is 9.57 Å². The number of H-pyrrole nitrogens is 1. The van der Waals surface area contributed by atoms with Gasteiger partial charge in [0.05, 0.1) is 16.9 Å². The molecule has 0 saturated carbocycles. The Kier molecular flexibility index (Phi) is 4.63. The van der Waals surface area contributed by atoms with Crippen LogP contribution in [0.3, 0.4) is 0 Å². The SMILES string of the molecule is CC(C)N(c1cccc2cc(C(N)=S)[nH]c12)S(=O)(=O)C1CC=CS1. The van der Waals surface area contributed by atoms with Crippen LogP contribution in [0.4, 0.5) is 5.69 Å². The molecule has 24 heavy (non-hydrogen) atoms. The normalized spacial score (nSPS) is 17.7. The maximum Gasteiger partial charge on any atom is 0.248 e. The van der Waals surface area contributed by atoms with Gasteiger partial charge < -0.3 is 10.7 Å². The van der Waals surface area contributed by atoms with Crippen molar-refractivity contribution in [1.82, 2.24) is 4.98 Å². The topological polar surface area (TPSA) is 79.2 Å². The lowest BCUT2D eigenvalue weighted by Crippen LogP contribution is -2.41. The van der Waals surface area contributed by atoms with Gasteiger partial charge in [-0.15, -0.1) is 11.8 Å². The number of aromatic nitrogens is 1. The number of rotatable bonds is 5. The molecule has 1 aliphatic heterocycles. The minimum Gasteiger partial charge on any atom is -0.388 e. The molecule has 0 saturated heterocycles. The van der Waals surface area contributed by atoms with Gasteiger partial charge in [-0.2, -0.15) is 0 Å². The molecule has 0 amide bonds. The number of benzene rings is 1. The van der Waals surface area contributed by atoms with Crippen LogP contribution in [0.1, 0.15) is 26.0 Å². The van der Waals surface area contributed by atoms with Crippen molar-refractivity contribution in [3.63, 3.8) is 0 Å². The molecule has 1 aromatic carbocycles. The molecule has 1 unspecified atom stereocenters. The van der Waals surface area contributed by atoms with E-state index in [1.54, 1.807) is 0 Å². The number of nitrogens with one attached hydrogen (secondary N) is 1. The maximum absolute atomic E-state index is 13.2. The van der Waals surface area contributed by atoms with Crippen LogP contribution in [0.5, 0.6) is 0 Å². The Morgan fingerprint density at radius 2 is 2.21 bits per heavy atom. The van der Waals surface area contributed by atoms with Gasteiger partial charge in [0.15, 0.2) is 0 Å². The molecule has 3 rings (SSSR count). The summed E-state index contributed by atoms with van der Waals surface area (Å²) in [7, 11) is -3.51. The number of thiocarbonyl (C=S) groups is 1. The van der Waals surface area contributed by atoms with Gasteiger partial charge in [0.25, 0.3) is 0 Å². The predicted octanol–water partition coefficient (Wildman–Crippen LogP) is 3.32. The van der Waals surface area contributed by atoms with E-state index >= 15 is 0 Å². The van der Waals surface area contributed by atoms with E-state index in [9.17, 15) is 8.42 Å². The average molecular weight is 382 g/mol. The number of hydrogen-bond donors (Lipinski definition) is 2. The van der Waals surface area contributed by atoms with E-state index in [2.05, 4.69) is 4.98 Å². The number of sulfonamides is 1. The van der Waals surface area contributed by atoms with E-state index in [1.807, 2.05) is 49.6 Å². The summed E-state index contributed by atoms with van der Waals surface area (Å²) in [6, 6.07) is 7.21. The van der Waals surface area contributed by atoms with E-state index in [0.717, 1.165) is 10.9 Å². The van der Waals surface area contributed by atoms with Gasteiger partial charge >= 0.3 is 0 Å². The van der Waals surface area contributed by atoms with Gasteiger partial charge in [-0.1, -0.05) is 30.4 Å². The fraction of sp³-hybridized carbons (Fsp3) is 0.312. The molecule has 1 aliphatic rings. The first-order valence-corrected chi connectivity index (χ1v) is 10.4. The van der Waals surface area contributed by atoms with Crippen LogP contribution < -0.4 is 10.0 Å². The van der Waals surface area contributed by atoms with Gasteiger partial charge in [-0.3, -0.25) is 4.31 Å². The van der Waals surface area contributed by atoms with Crippen molar-refractivity contribution in [2.75, 3.05) is 4.31 Å². The summed E-state index contributed by atoms with van der Waals surface area (Å²) in [5.74, 6) is 0. The molecule has 8 heteroatoms. The summed E-state index contributed by atoms with van der Waals surface area (Å²) in [6.07, 6.45) is 2.42. The molecule has 3 N–H and O–H groups in total. The van der Waals surface area contributed by atoms with E-state index in [1.165, 1.54) is 16.1 Å². The summed E-state index contributed by atoms with van der Waals surface area (Å²) >= 11 is 6.37. The Morgan fingerprint density at radius 1 is 1.46 bits per heavy atom. The zero-order valence-corrected chi connectivity index (χ0v) is 15.8. The van der Waals surface area contributed by atoms with Crippen LogP contribution in [0.15, 0.2) is 35.7 Å². The van der Waals surface area contributed by atoms with Crippen LogP contribution in [0.2, 0.25) is 0 Å². The quantitative estimate of drug-likeness (QED) is 0.777. The molecular formula is C16H19N3O2S3. The number of nitrogens with zero attached hydrogens (tertiary/aromatic N) is 1. The van der Waals surface area contributed by atoms with Crippen LogP contribution in [0.25, 0.3) is 10.9 Å². The van der Waals surface area contributed by atoms with Crippen molar-refractivity contribution in [2.24, 2.45) is 5.73 Å². The summed E-state index contributed by atoms with van der Waals surface area (Å²) in [5.41, 5.74) is 7.69. The number of thioether (sulfide) groups is 1. The van der Waals surface area contributed by atoms with Gasteiger partial charge in [0.2, 0.25) is 10.0 Å². The highest BCUT2D eigenvalue weighted by molar-refractivity contribution is 8.15. The van der Waals surface area contributed by atoms with Crippen molar-refractivity contribution in [3.8, 4) is 0 Å². The number of para-hydroxylation sites is 1. The van der Waals surface area contributed by atoms with E-state index in [-0.39, 0.29) is 11.0 Å². The van der Waals surface area contributed by atoms with Gasteiger partial charge in [0, 0.05) is 11.4 Å². The zero-order chi connectivity index (χ0) is 17.5. The Hall–Kier alpha value is -1.51. The highest BCUT2D eigenvalue weighted by Gasteiger charge is 2.35. The molecule has 128 valence electrons. The van der Waals surface area contributed by atoms with Crippen LogP contribution in [-0.2, 0) is 10.0 Å². The number of allylic oxidation sites excluding steroid dienone is 1. The molecule has 2 aromatic rings. The highest BCUT2D eigenvalue weighted by Crippen LogP contribution is 2.37. The molecule has 0 aliphatic carbocycles. The third-order valence-corrected chi connectivity index (χ3v) is 8.02. The fourth-order valence-electron chi connectivity index (χ4n) is 2.85. The lowest BCUT2D eigenvalue weighted by Gasteiger charge is -2.31. The number of fused-ring (bicyclic) bond motifs is 1. The van der Waals surface area contributed by atoms with Crippen molar-refractivity contribution >= 4 is 55.6 Å². The summed E-state index contributed by atoms with van der Waals surface area (Å²) in [5, 5.41) is 2.73. The molecule has 0 spiro atoms. The van der Waals surface area contributed by atoms with Crippen molar-refractivity contribution in [2.45, 2.75) is 30.9 Å². The third kappa shape index (κ3) is 2.94. The second-order valence-electron chi connectivity index (χ2n) is 5.90. The smallest absolute Gasteiger partial charge is 0.248 e. The van der Waals surface area contributed by atoms with Crippen molar-refractivity contribution in [3.05, 3.63) is 41.4 Å². The molecule has 2 heterocycles. The molecule has 0 radical (unpaired) electrons. The third-order valence-electron chi connectivity index (χ3n) is 3.87. The Labute approximate surface area is 151 Å². The molecule has 1 atom stereocenters. The number of hydrogen-bond acceptors (Lipinski definition) is 4. The molecule has 0 fully saturated rings. The van der Waals surface area contributed by atoms with Crippen LogP contribution in [-0.4, -0.2) is 29.0 Å². The predicted molar refractivity (Wildman–Crippen MR) is 106 cm³/mol. The number of nitrogens with two attached hydrogens (primary N) is 1. The summed E-state index contributed by atoms with van der Waals surface area (Å²) in [4.78, 5) is 3.42. The first-order chi connectivity index (χ1) is 11.3. The van der Waals surface area contributed by atoms with Crippen molar-refractivity contribution < 1.29 is 8.42 Å². The van der Waals surface area contributed by atoms with Gasteiger partial charge in [-0.05, 0) is 37.8 Å². The lowest BCUT2D eigenvalue weighted by molar-refractivity contribution is 0.581. The van der Waals surface area contributed by atoms with Crippen LogP contribution in [0, 0.1) is 0 Å². The Balaban J connectivity index is 2.16. The number of aromatic amines is 1. The van der Waals surface area contributed by atoms with Crippen LogP contribution >= 0.6 is 24.0 Å². The van der Waals surface area contributed by atoms with E-state index < -0.39 is 14.6 Å². The highest BCUT2D eigenvalue weighted by atomic mass is 32.3. The first-order valence-electron chi connectivity index (χ1n) is 7.57. The fourth-order valence-corrected chi connectivity index (χ4v) is 6.23. The summed E-state index contributed by atoms with van der Waals surface area (Å²) in [6.45, 7) is 3.75. The van der Waals surface area contributed by atoms with Crippen molar-refractivity contribution in [1.29, 1.82) is 0 Å². The zero-order valence-electron chi connectivity index (χ0n) is 13.4. The monoisotopic (exact) mass is 381 g/mol. The van der Waals surface area contributed by atoms with E-state index in [0.29, 0.717) is 17.8 Å².